The lowest BCUT2D eigenvalue weighted by Gasteiger charge is -2.35. The fraction of sp³-hybridized carbons (Fsp3) is 0.148. The highest BCUT2D eigenvalue weighted by Gasteiger charge is 2.35. The quantitative estimate of drug-likeness (QED) is 0.411. The van der Waals surface area contributed by atoms with E-state index in [-0.39, 0.29) is 23.6 Å². The lowest BCUT2D eigenvalue weighted by molar-refractivity contribution is 0.205. The summed E-state index contributed by atoms with van der Waals surface area (Å²) >= 11 is 0. The highest BCUT2D eigenvalue weighted by Crippen LogP contribution is 2.37. The highest BCUT2D eigenvalue weighted by molar-refractivity contribution is 5.86. The topological polar surface area (TPSA) is 71.3 Å². The van der Waals surface area contributed by atoms with Crippen LogP contribution in [0.25, 0.3) is 17.0 Å². The van der Waals surface area contributed by atoms with Gasteiger partial charge in [0, 0.05) is 17.8 Å². The van der Waals surface area contributed by atoms with Gasteiger partial charge >= 0.3 is 6.03 Å². The fourth-order valence-electron chi connectivity index (χ4n) is 4.19. The number of nitrogens with one attached hydrogen (secondary N) is 1. The van der Waals surface area contributed by atoms with Crippen LogP contribution in [0.4, 0.5) is 9.18 Å². The normalized spacial score (nSPS) is 16.0. The second-order valence-electron chi connectivity index (χ2n) is 8.11. The van der Waals surface area contributed by atoms with E-state index < -0.39 is 6.04 Å². The smallest absolute Gasteiger partial charge is 0.322 e. The number of aromatic nitrogens is 2. The summed E-state index contributed by atoms with van der Waals surface area (Å²) in [4.78, 5) is 19.4. The summed E-state index contributed by atoms with van der Waals surface area (Å²) in [5.41, 5.74) is 4.02. The maximum absolute atomic E-state index is 13.7. The first kappa shape index (κ1) is 21.6. The number of allylic oxidation sites excluding steroid dienone is 1. The van der Waals surface area contributed by atoms with Gasteiger partial charge < -0.3 is 9.84 Å². The number of hydrogen-bond donors (Lipinski definition) is 1. The van der Waals surface area contributed by atoms with Crippen molar-refractivity contribution < 1.29 is 13.7 Å². The zero-order chi connectivity index (χ0) is 23.5. The summed E-state index contributed by atoms with van der Waals surface area (Å²) in [6.07, 6.45) is 0.702. The first-order valence-electron chi connectivity index (χ1n) is 11.1. The van der Waals surface area contributed by atoms with Crippen molar-refractivity contribution in [3.8, 4) is 11.4 Å². The minimum absolute atomic E-state index is 0.184. The standard InChI is InChI=1S/C27H23FN4O2/c1-18-23(26-30-25(31-34-26)21-13-8-14-22(28)17-21)24(20-11-6-3-7-12-20)29-27(33)32(18)16-15-19-9-4-2-5-10-19/h2-14,17,24H,15-16H2,1H3,(H,29,33). The molecule has 1 aliphatic heterocycles. The molecule has 34 heavy (non-hydrogen) atoms. The minimum Gasteiger partial charge on any atom is -0.334 e. The number of hydrogen-bond acceptors (Lipinski definition) is 4. The molecule has 170 valence electrons. The summed E-state index contributed by atoms with van der Waals surface area (Å²) in [5, 5.41) is 7.18. The Balaban J connectivity index is 1.54. The van der Waals surface area contributed by atoms with Crippen LogP contribution in [0.1, 0.15) is 30.0 Å². The third kappa shape index (κ3) is 4.32. The van der Waals surface area contributed by atoms with Crippen molar-refractivity contribution in [3.05, 3.63) is 113 Å². The van der Waals surface area contributed by atoms with Crippen molar-refractivity contribution in [2.24, 2.45) is 0 Å². The molecule has 0 bridgehead atoms. The summed E-state index contributed by atoms with van der Waals surface area (Å²) in [7, 11) is 0. The van der Waals surface area contributed by atoms with Crippen LogP contribution in [0.5, 0.6) is 0 Å². The van der Waals surface area contributed by atoms with Gasteiger partial charge in [0.05, 0.1) is 11.6 Å². The molecule has 5 rings (SSSR count). The zero-order valence-corrected chi connectivity index (χ0v) is 18.6. The van der Waals surface area contributed by atoms with Crippen LogP contribution >= 0.6 is 0 Å². The predicted molar refractivity (Wildman–Crippen MR) is 127 cm³/mol. The predicted octanol–water partition coefficient (Wildman–Crippen LogP) is 5.62. The van der Waals surface area contributed by atoms with E-state index in [0.717, 1.165) is 16.8 Å². The van der Waals surface area contributed by atoms with Crippen LogP contribution in [0.15, 0.2) is 95.1 Å². The van der Waals surface area contributed by atoms with Gasteiger partial charge in [-0.15, -0.1) is 0 Å². The molecule has 1 N–H and O–H groups in total. The molecule has 1 atom stereocenters. The number of rotatable bonds is 6. The Morgan fingerprint density at radius 2 is 1.74 bits per heavy atom. The van der Waals surface area contributed by atoms with Gasteiger partial charge in [-0.3, -0.25) is 4.90 Å². The monoisotopic (exact) mass is 454 g/mol. The lowest BCUT2D eigenvalue weighted by Crippen LogP contribution is -2.46. The van der Waals surface area contributed by atoms with Crippen molar-refractivity contribution in [3.63, 3.8) is 0 Å². The van der Waals surface area contributed by atoms with Gasteiger partial charge in [-0.2, -0.15) is 4.98 Å². The number of carbonyl (C=O) groups excluding carboxylic acids is 1. The van der Waals surface area contributed by atoms with Gasteiger partial charge in [-0.25, -0.2) is 9.18 Å². The second kappa shape index (κ2) is 9.31. The van der Waals surface area contributed by atoms with E-state index in [2.05, 4.69) is 15.5 Å². The number of carbonyl (C=O) groups is 1. The number of benzene rings is 3. The molecule has 0 aliphatic carbocycles. The molecule has 6 nitrogen and oxygen atoms in total. The largest absolute Gasteiger partial charge is 0.334 e. The molecule has 0 spiro atoms. The van der Waals surface area contributed by atoms with Crippen LogP contribution in [-0.2, 0) is 6.42 Å². The SMILES string of the molecule is CC1=C(c2nc(-c3cccc(F)c3)no2)C(c2ccccc2)NC(=O)N1CCc1ccccc1. The summed E-state index contributed by atoms with van der Waals surface area (Å²) in [6.45, 7) is 2.39. The first-order valence-corrected chi connectivity index (χ1v) is 11.1. The van der Waals surface area contributed by atoms with Gasteiger partial charge in [-0.05, 0) is 36.6 Å². The molecule has 1 unspecified atom stereocenters. The lowest BCUT2D eigenvalue weighted by atomic mass is 9.94. The summed E-state index contributed by atoms with van der Waals surface area (Å²) < 4.78 is 19.4. The first-order chi connectivity index (χ1) is 16.6. The molecular weight excluding hydrogens is 431 g/mol. The number of nitrogens with zero attached hydrogens (tertiary/aromatic N) is 3. The van der Waals surface area contributed by atoms with Gasteiger partial charge in [0.15, 0.2) is 0 Å². The van der Waals surface area contributed by atoms with Crippen molar-refractivity contribution in [1.29, 1.82) is 0 Å². The number of urea groups is 1. The van der Waals surface area contributed by atoms with Crippen LogP contribution in [0.3, 0.4) is 0 Å². The third-order valence-electron chi connectivity index (χ3n) is 5.94. The molecule has 3 aromatic carbocycles. The van der Waals surface area contributed by atoms with Gasteiger partial charge in [-0.1, -0.05) is 78.0 Å². The third-order valence-corrected chi connectivity index (χ3v) is 5.94. The molecule has 4 aromatic rings. The second-order valence-corrected chi connectivity index (χ2v) is 8.11. The summed E-state index contributed by atoms with van der Waals surface area (Å²) in [6, 6.07) is 25.1. The Labute approximate surface area is 196 Å². The number of halogens is 1. The Kier molecular flexibility index (Phi) is 5.91. The average Bonchev–Trinajstić information content (AvgIpc) is 3.34. The molecule has 2 heterocycles. The molecule has 0 saturated carbocycles. The average molecular weight is 455 g/mol. The molecule has 0 fully saturated rings. The van der Waals surface area contributed by atoms with E-state index in [1.165, 1.54) is 12.1 Å². The van der Waals surface area contributed by atoms with Gasteiger partial charge in [0.1, 0.15) is 5.82 Å². The maximum Gasteiger partial charge on any atom is 0.322 e. The van der Waals surface area contributed by atoms with E-state index >= 15 is 0 Å². The zero-order valence-electron chi connectivity index (χ0n) is 18.6. The molecule has 1 aromatic heterocycles. The molecule has 0 radical (unpaired) electrons. The van der Waals surface area contributed by atoms with Gasteiger partial charge in [0.25, 0.3) is 5.89 Å². The number of amides is 2. The maximum atomic E-state index is 13.7. The van der Waals surface area contributed by atoms with E-state index in [0.29, 0.717) is 24.1 Å². The Bertz CT molecular complexity index is 1340. The minimum atomic E-state index is -0.456. The Morgan fingerprint density at radius 3 is 2.47 bits per heavy atom. The molecule has 0 saturated heterocycles. The van der Waals surface area contributed by atoms with E-state index in [4.69, 9.17) is 4.52 Å². The highest BCUT2D eigenvalue weighted by atomic mass is 19.1. The molecular formula is C27H23FN4O2. The van der Waals surface area contributed by atoms with Crippen molar-refractivity contribution >= 4 is 11.6 Å². The van der Waals surface area contributed by atoms with Crippen LogP contribution in [0.2, 0.25) is 0 Å². The molecule has 7 heteroatoms. The van der Waals surface area contributed by atoms with Crippen LogP contribution in [-0.4, -0.2) is 27.6 Å². The van der Waals surface area contributed by atoms with Crippen molar-refractivity contribution in [2.75, 3.05) is 6.54 Å². The van der Waals surface area contributed by atoms with Crippen LogP contribution < -0.4 is 5.32 Å². The fourth-order valence-corrected chi connectivity index (χ4v) is 4.19. The van der Waals surface area contributed by atoms with E-state index in [1.54, 1.807) is 17.0 Å². The Hall–Kier alpha value is -4.26. The molecule has 1 aliphatic rings. The van der Waals surface area contributed by atoms with Crippen molar-refractivity contribution in [1.82, 2.24) is 20.4 Å². The van der Waals surface area contributed by atoms with E-state index in [9.17, 15) is 9.18 Å². The van der Waals surface area contributed by atoms with Crippen LogP contribution in [0, 0.1) is 5.82 Å². The van der Waals surface area contributed by atoms with E-state index in [1.807, 2.05) is 67.6 Å². The Morgan fingerprint density at radius 1 is 1.00 bits per heavy atom. The van der Waals surface area contributed by atoms with Gasteiger partial charge in [0.2, 0.25) is 5.82 Å². The van der Waals surface area contributed by atoms with Crippen molar-refractivity contribution in [2.45, 2.75) is 19.4 Å². The molecule has 2 amide bonds. The summed E-state index contributed by atoms with van der Waals surface area (Å²) in [5.74, 6) is 0.197.